The smallest absolute Gasteiger partial charge is 0.257 e. The van der Waals surface area contributed by atoms with Gasteiger partial charge >= 0.3 is 0 Å². The van der Waals surface area contributed by atoms with E-state index in [1.54, 1.807) is 24.3 Å². The number of nitrogens with zero attached hydrogens (tertiary/aromatic N) is 1. The third kappa shape index (κ3) is 2.70. The Morgan fingerprint density at radius 2 is 1.96 bits per heavy atom. The molecular weight excluding hydrogens is 319 g/mol. The van der Waals surface area contributed by atoms with Gasteiger partial charge in [0.25, 0.3) is 5.91 Å². The Kier molecular flexibility index (Phi) is 3.34. The van der Waals surface area contributed by atoms with E-state index in [9.17, 15) is 9.18 Å². The molecule has 0 spiro atoms. The highest BCUT2D eigenvalue weighted by Crippen LogP contribution is 2.31. The lowest BCUT2D eigenvalue weighted by molar-refractivity contribution is 0.102. The minimum absolute atomic E-state index is 0.304. The molecule has 4 rings (SSSR count). The summed E-state index contributed by atoms with van der Waals surface area (Å²) in [5.41, 5.74) is 1.09. The zero-order chi connectivity index (χ0) is 15.8. The third-order valence-electron chi connectivity index (χ3n) is 3.38. The van der Waals surface area contributed by atoms with Gasteiger partial charge in [0.15, 0.2) is 16.6 Å². The number of carbonyl (C=O) groups is 1. The molecule has 3 aromatic rings. The summed E-state index contributed by atoms with van der Waals surface area (Å²) in [6.45, 7) is 0.961. The Morgan fingerprint density at radius 1 is 1.13 bits per heavy atom. The highest BCUT2D eigenvalue weighted by atomic mass is 32.1. The number of anilines is 1. The number of carbonyl (C=O) groups excluding carboxylic acids is 1. The lowest BCUT2D eigenvalue weighted by Crippen LogP contribution is -2.17. The van der Waals surface area contributed by atoms with Gasteiger partial charge in [-0.25, -0.2) is 9.37 Å². The first kappa shape index (κ1) is 14.0. The van der Waals surface area contributed by atoms with Gasteiger partial charge in [-0.2, -0.15) is 0 Å². The highest BCUT2D eigenvalue weighted by Gasteiger charge is 2.16. The number of hydrogen-bond acceptors (Lipinski definition) is 5. The van der Waals surface area contributed by atoms with Gasteiger partial charge in [-0.15, -0.1) is 0 Å². The fourth-order valence-electron chi connectivity index (χ4n) is 2.31. The van der Waals surface area contributed by atoms with Crippen LogP contribution >= 0.6 is 11.3 Å². The largest absolute Gasteiger partial charge is 0.486 e. The topological polar surface area (TPSA) is 60.5 Å². The minimum Gasteiger partial charge on any atom is -0.486 e. The number of halogens is 1. The lowest BCUT2D eigenvalue weighted by Gasteiger charge is -2.18. The fraction of sp³-hybridized carbons (Fsp3) is 0.125. The number of amides is 1. The van der Waals surface area contributed by atoms with Crippen LogP contribution in [0.1, 0.15) is 10.4 Å². The van der Waals surface area contributed by atoms with Crippen LogP contribution in [-0.2, 0) is 0 Å². The van der Waals surface area contributed by atoms with Crippen molar-refractivity contribution < 1.29 is 18.7 Å². The first-order valence-electron chi connectivity index (χ1n) is 6.96. The summed E-state index contributed by atoms with van der Waals surface area (Å²) in [4.78, 5) is 16.6. The average Bonchev–Trinajstić information content (AvgIpc) is 2.95. The van der Waals surface area contributed by atoms with Gasteiger partial charge in [0, 0.05) is 5.56 Å². The molecule has 0 bridgehead atoms. The summed E-state index contributed by atoms with van der Waals surface area (Å²) in [6, 6.07) is 9.33. The van der Waals surface area contributed by atoms with Crippen LogP contribution in [-0.4, -0.2) is 24.1 Å². The van der Waals surface area contributed by atoms with E-state index in [1.165, 1.54) is 23.5 Å². The van der Waals surface area contributed by atoms with E-state index >= 15 is 0 Å². The van der Waals surface area contributed by atoms with Crippen LogP contribution in [0.4, 0.5) is 9.52 Å². The number of nitrogens with one attached hydrogen (secondary N) is 1. The van der Waals surface area contributed by atoms with Crippen molar-refractivity contribution in [2.45, 2.75) is 0 Å². The number of ether oxygens (including phenoxy) is 2. The quantitative estimate of drug-likeness (QED) is 0.782. The first-order valence-corrected chi connectivity index (χ1v) is 7.78. The van der Waals surface area contributed by atoms with Crippen molar-refractivity contribution in [2.75, 3.05) is 18.5 Å². The second-order valence-corrected chi connectivity index (χ2v) is 5.97. The van der Waals surface area contributed by atoms with Crippen molar-refractivity contribution in [3.05, 3.63) is 47.8 Å². The second kappa shape index (κ2) is 5.51. The SMILES string of the molecule is O=C(Nc1nc2ccc(F)cc2s1)c1ccc2c(c1)OCCO2. The molecule has 7 heteroatoms. The summed E-state index contributed by atoms with van der Waals surface area (Å²) >= 11 is 1.22. The number of hydrogen-bond donors (Lipinski definition) is 1. The maximum atomic E-state index is 13.2. The zero-order valence-electron chi connectivity index (χ0n) is 11.8. The van der Waals surface area contributed by atoms with E-state index < -0.39 is 0 Å². The summed E-state index contributed by atoms with van der Waals surface area (Å²) in [6.07, 6.45) is 0. The van der Waals surface area contributed by atoms with Crippen LogP contribution < -0.4 is 14.8 Å². The maximum absolute atomic E-state index is 13.2. The molecule has 0 saturated carbocycles. The Hall–Kier alpha value is -2.67. The molecule has 1 aliphatic heterocycles. The van der Waals surface area contributed by atoms with Gasteiger partial charge in [0.2, 0.25) is 0 Å². The van der Waals surface area contributed by atoms with Crippen LogP contribution in [0.2, 0.25) is 0 Å². The summed E-state index contributed by atoms with van der Waals surface area (Å²) in [5.74, 6) is 0.547. The molecule has 0 aliphatic carbocycles. The van der Waals surface area contributed by atoms with Gasteiger partial charge in [-0.1, -0.05) is 11.3 Å². The number of rotatable bonds is 2. The van der Waals surface area contributed by atoms with E-state index in [1.807, 2.05) is 0 Å². The number of thiazole rings is 1. The van der Waals surface area contributed by atoms with E-state index in [4.69, 9.17) is 9.47 Å². The van der Waals surface area contributed by atoms with Crippen molar-refractivity contribution in [3.8, 4) is 11.5 Å². The minimum atomic E-state index is -0.328. The van der Waals surface area contributed by atoms with Crippen LogP contribution in [0.25, 0.3) is 10.2 Å². The molecule has 0 unspecified atom stereocenters. The molecule has 1 amide bonds. The maximum Gasteiger partial charge on any atom is 0.257 e. The third-order valence-corrected chi connectivity index (χ3v) is 4.31. The van der Waals surface area contributed by atoms with Gasteiger partial charge in [-0.3, -0.25) is 10.1 Å². The lowest BCUT2D eigenvalue weighted by atomic mass is 10.2. The van der Waals surface area contributed by atoms with Crippen molar-refractivity contribution in [1.82, 2.24) is 4.98 Å². The Morgan fingerprint density at radius 3 is 2.83 bits per heavy atom. The fourth-order valence-corrected chi connectivity index (χ4v) is 3.19. The summed E-state index contributed by atoms with van der Waals surface area (Å²) < 4.78 is 24.8. The Balaban J connectivity index is 1.58. The standard InChI is InChI=1S/C16H11FN2O3S/c17-10-2-3-11-14(8-10)23-16(18-11)19-15(20)9-1-4-12-13(7-9)22-6-5-21-12/h1-4,7-8H,5-6H2,(H,18,19,20). The molecule has 1 N–H and O–H groups in total. The number of aromatic nitrogens is 1. The molecule has 5 nitrogen and oxygen atoms in total. The monoisotopic (exact) mass is 330 g/mol. The Bertz CT molecular complexity index is 909. The normalized spacial score (nSPS) is 13.1. The molecule has 0 saturated heterocycles. The van der Waals surface area contributed by atoms with Gasteiger partial charge in [0.1, 0.15) is 19.0 Å². The average molecular weight is 330 g/mol. The number of benzene rings is 2. The molecule has 116 valence electrons. The second-order valence-electron chi connectivity index (χ2n) is 4.94. The molecule has 0 atom stereocenters. The molecule has 1 aromatic heterocycles. The molecule has 0 radical (unpaired) electrons. The van der Waals surface area contributed by atoms with E-state index in [-0.39, 0.29) is 11.7 Å². The molecular formula is C16H11FN2O3S. The van der Waals surface area contributed by atoms with Crippen LogP contribution in [0, 0.1) is 5.82 Å². The van der Waals surface area contributed by atoms with Crippen molar-refractivity contribution in [1.29, 1.82) is 0 Å². The first-order chi connectivity index (χ1) is 11.2. The van der Waals surface area contributed by atoms with Gasteiger partial charge in [0.05, 0.1) is 10.2 Å². The summed E-state index contributed by atoms with van der Waals surface area (Å²) in [5, 5.41) is 3.15. The van der Waals surface area contributed by atoms with E-state index in [2.05, 4.69) is 10.3 Å². The number of fused-ring (bicyclic) bond motifs is 2. The van der Waals surface area contributed by atoms with Crippen LogP contribution in [0.5, 0.6) is 11.5 Å². The Labute approximate surface area is 134 Å². The van der Waals surface area contributed by atoms with E-state index in [0.717, 1.165) is 0 Å². The van der Waals surface area contributed by atoms with Crippen molar-refractivity contribution >= 4 is 32.6 Å². The molecule has 23 heavy (non-hydrogen) atoms. The van der Waals surface area contributed by atoms with Gasteiger partial charge in [-0.05, 0) is 36.4 Å². The van der Waals surface area contributed by atoms with Crippen molar-refractivity contribution in [3.63, 3.8) is 0 Å². The highest BCUT2D eigenvalue weighted by molar-refractivity contribution is 7.22. The van der Waals surface area contributed by atoms with E-state index in [0.29, 0.717) is 45.6 Å². The molecule has 2 heterocycles. The van der Waals surface area contributed by atoms with Crippen LogP contribution in [0.3, 0.4) is 0 Å². The zero-order valence-corrected chi connectivity index (χ0v) is 12.7. The van der Waals surface area contributed by atoms with Gasteiger partial charge < -0.3 is 9.47 Å². The predicted octanol–water partition coefficient (Wildman–Crippen LogP) is 3.46. The van der Waals surface area contributed by atoms with Crippen LogP contribution in [0.15, 0.2) is 36.4 Å². The predicted molar refractivity (Wildman–Crippen MR) is 85.0 cm³/mol. The summed E-state index contributed by atoms with van der Waals surface area (Å²) in [7, 11) is 0. The molecule has 0 fully saturated rings. The van der Waals surface area contributed by atoms with Crippen molar-refractivity contribution in [2.24, 2.45) is 0 Å². The molecule has 1 aliphatic rings. The molecule has 2 aromatic carbocycles.